The van der Waals surface area contributed by atoms with Crippen LogP contribution in [0.1, 0.15) is 17.4 Å². The van der Waals surface area contributed by atoms with Gasteiger partial charge in [0.05, 0.1) is 12.3 Å². The summed E-state index contributed by atoms with van der Waals surface area (Å²) in [6.07, 6.45) is 5.64. The van der Waals surface area contributed by atoms with E-state index in [1.807, 2.05) is 12.1 Å². The fourth-order valence-electron chi connectivity index (χ4n) is 1.45. The van der Waals surface area contributed by atoms with Crippen molar-refractivity contribution >= 4 is 5.69 Å². The first-order chi connectivity index (χ1) is 7.27. The van der Waals surface area contributed by atoms with Crippen LogP contribution in [0.5, 0.6) is 0 Å². The summed E-state index contributed by atoms with van der Waals surface area (Å²) < 4.78 is 5.22. The zero-order chi connectivity index (χ0) is 10.7. The first-order valence-electron chi connectivity index (χ1n) is 4.74. The number of hydrogen-bond donors (Lipinski definition) is 2. The van der Waals surface area contributed by atoms with E-state index in [1.165, 1.54) is 0 Å². The third-order valence-electron chi connectivity index (χ3n) is 2.29. The molecule has 2 rings (SSSR count). The smallest absolute Gasteiger partial charge is 0.120 e. The van der Waals surface area contributed by atoms with Crippen molar-refractivity contribution in [2.24, 2.45) is 5.73 Å². The third kappa shape index (κ3) is 2.16. The zero-order valence-electron chi connectivity index (χ0n) is 8.26. The van der Waals surface area contributed by atoms with Gasteiger partial charge in [0.25, 0.3) is 0 Å². The maximum atomic E-state index is 5.96. The van der Waals surface area contributed by atoms with Crippen molar-refractivity contribution in [3.8, 4) is 0 Å². The van der Waals surface area contributed by atoms with Crippen molar-refractivity contribution in [1.29, 1.82) is 0 Å². The van der Waals surface area contributed by atoms with Crippen LogP contribution in [-0.2, 0) is 6.42 Å². The normalized spacial score (nSPS) is 12.6. The summed E-state index contributed by atoms with van der Waals surface area (Å²) in [5.74, 6) is 0.762. The molecule has 0 saturated carbocycles. The second-order valence-corrected chi connectivity index (χ2v) is 3.40. The van der Waals surface area contributed by atoms with Crippen LogP contribution in [-0.4, -0.2) is 4.98 Å². The number of anilines is 1. The predicted molar refractivity (Wildman–Crippen MR) is 58.0 cm³/mol. The van der Waals surface area contributed by atoms with Gasteiger partial charge >= 0.3 is 0 Å². The first-order valence-corrected chi connectivity index (χ1v) is 4.74. The molecular formula is C11H13N3O. The molecule has 1 atom stereocenters. The van der Waals surface area contributed by atoms with Gasteiger partial charge in [0, 0.05) is 18.1 Å². The zero-order valence-corrected chi connectivity index (χ0v) is 8.26. The topological polar surface area (TPSA) is 78.1 Å². The lowest BCUT2D eigenvalue weighted by atomic mass is 10.1. The highest BCUT2D eigenvalue weighted by atomic mass is 16.3. The fourth-order valence-corrected chi connectivity index (χ4v) is 1.45. The maximum absolute atomic E-state index is 5.96. The minimum atomic E-state index is -0.175. The molecule has 78 valence electrons. The Balaban J connectivity index is 2.13. The Hall–Kier alpha value is -1.81. The number of nitrogens with zero attached hydrogens (tertiary/aromatic N) is 1. The molecule has 0 amide bonds. The number of hydrogen-bond acceptors (Lipinski definition) is 4. The monoisotopic (exact) mass is 203 g/mol. The Bertz CT molecular complexity index is 425. The van der Waals surface area contributed by atoms with Gasteiger partial charge in [-0.3, -0.25) is 4.98 Å². The van der Waals surface area contributed by atoms with E-state index in [2.05, 4.69) is 4.98 Å². The fraction of sp³-hybridized carbons (Fsp3) is 0.182. The third-order valence-corrected chi connectivity index (χ3v) is 2.29. The van der Waals surface area contributed by atoms with E-state index >= 15 is 0 Å². The average Bonchev–Trinajstić information content (AvgIpc) is 2.74. The molecule has 0 bridgehead atoms. The Morgan fingerprint density at radius 1 is 1.40 bits per heavy atom. The highest BCUT2D eigenvalue weighted by molar-refractivity contribution is 5.44. The Morgan fingerprint density at radius 3 is 2.93 bits per heavy atom. The van der Waals surface area contributed by atoms with Crippen molar-refractivity contribution in [1.82, 2.24) is 4.98 Å². The van der Waals surface area contributed by atoms with E-state index in [0.717, 1.165) is 11.3 Å². The minimum absolute atomic E-state index is 0.175. The lowest BCUT2D eigenvalue weighted by Crippen LogP contribution is -2.13. The summed E-state index contributed by atoms with van der Waals surface area (Å²) in [6, 6.07) is 5.27. The second kappa shape index (κ2) is 4.14. The van der Waals surface area contributed by atoms with Crippen molar-refractivity contribution in [3.63, 3.8) is 0 Å². The maximum Gasteiger partial charge on any atom is 0.120 e. The Kier molecular flexibility index (Phi) is 2.69. The molecule has 4 heteroatoms. The van der Waals surface area contributed by atoms with Gasteiger partial charge in [0.2, 0.25) is 0 Å². The van der Waals surface area contributed by atoms with Gasteiger partial charge in [0.15, 0.2) is 0 Å². The number of furan rings is 1. The summed E-state index contributed by atoms with van der Waals surface area (Å²) in [5, 5.41) is 0. The molecule has 0 aliphatic carbocycles. The van der Waals surface area contributed by atoms with Crippen LogP contribution in [0.4, 0.5) is 5.69 Å². The van der Waals surface area contributed by atoms with Gasteiger partial charge < -0.3 is 15.9 Å². The standard InChI is InChI=1S/C11H13N3O/c12-9-3-4-14-7-8(9)6-10(13)11-2-1-5-15-11/h1-5,7,10H,6,13H2,(H2,12,14). The minimum Gasteiger partial charge on any atom is -0.468 e. The van der Waals surface area contributed by atoms with E-state index in [9.17, 15) is 0 Å². The number of pyridine rings is 1. The molecule has 0 saturated heterocycles. The molecule has 0 fully saturated rings. The van der Waals surface area contributed by atoms with Crippen LogP contribution in [0.25, 0.3) is 0 Å². The van der Waals surface area contributed by atoms with E-state index in [0.29, 0.717) is 12.1 Å². The molecule has 0 radical (unpaired) electrons. The number of aromatic nitrogens is 1. The molecule has 2 heterocycles. The predicted octanol–water partition coefficient (Wildman–Crippen LogP) is 1.50. The van der Waals surface area contributed by atoms with E-state index in [-0.39, 0.29) is 6.04 Å². The molecule has 0 aliphatic heterocycles. The molecule has 0 spiro atoms. The highest BCUT2D eigenvalue weighted by Crippen LogP contribution is 2.19. The highest BCUT2D eigenvalue weighted by Gasteiger charge is 2.11. The van der Waals surface area contributed by atoms with Gasteiger partial charge in [0.1, 0.15) is 5.76 Å². The van der Waals surface area contributed by atoms with Crippen molar-refractivity contribution in [3.05, 3.63) is 48.2 Å². The molecule has 15 heavy (non-hydrogen) atoms. The lowest BCUT2D eigenvalue weighted by Gasteiger charge is -2.09. The molecule has 2 aromatic rings. The summed E-state index contributed by atoms with van der Waals surface area (Å²) in [4.78, 5) is 4.01. The van der Waals surface area contributed by atoms with Gasteiger partial charge in [-0.15, -0.1) is 0 Å². The van der Waals surface area contributed by atoms with Crippen LogP contribution in [0.2, 0.25) is 0 Å². The molecule has 2 aromatic heterocycles. The first kappa shape index (κ1) is 9.73. The lowest BCUT2D eigenvalue weighted by molar-refractivity contribution is 0.464. The van der Waals surface area contributed by atoms with Crippen LogP contribution in [0.3, 0.4) is 0 Å². The van der Waals surface area contributed by atoms with Crippen LogP contribution >= 0.6 is 0 Å². The number of nitrogens with two attached hydrogens (primary N) is 2. The summed E-state index contributed by atoms with van der Waals surface area (Å²) in [5.41, 5.74) is 13.4. The van der Waals surface area contributed by atoms with E-state index < -0.39 is 0 Å². The summed E-state index contributed by atoms with van der Waals surface area (Å²) in [7, 11) is 0. The van der Waals surface area contributed by atoms with Crippen LogP contribution in [0, 0.1) is 0 Å². The van der Waals surface area contributed by atoms with Gasteiger partial charge in [-0.1, -0.05) is 0 Å². The van der Waals surface area contributed by atoms with Gasteiger partial charge in [-0.25, -0.2) is 0 Å². The molecule has 4 N–H and O–H groups in total. The largest absolute Gasteiger partial charge is 0.468 e. The molecular weight excluding hydrogens is 190 g/mol. The van der Waals surface area contributed by atoms with Gasteiger partial charge in [-0.2, -0.15) is 0 Å². The second-order valence-electron chi connectivity index (χ2n) is 3.40. The molecule has 4 nitrogen and oxygen atoms in total. The number of nitrogen functional groups attached to an aromatic ring is 1. The molecule has 1 unspecified atom stereocenters. The Labute approximate surface area is 87.9 Å². The molecule has 0 aliphatic rings. The molecule has 0 aromatic carbocycles. The summed E-state index contributed by atoms with van der Waals surface area (Å²) >= 11 is 0. The van der Waals surface area contributed by atoms with E-state index in [4.69, 9.17) is 15.9 Å². The van der Waals surface area contributed by atoms with Gasteiger partial charge in [-0.05, 0) is 30.2 Å². The average molecular weight is 203 g/mol. The van der Waals surface area contributed by atoms with Crippen molar-refractivity contribution in [2.75, 3.05) is 5.73 Å². The van der Waals surface area contributed by atoms with E-state index in [1.54, 1.807) is 24.7 Å². The summed E-state index contributed by atoms with van der Waals surface area (Å²) in [6.45, 7) is 0. The van der Waals surface area contributed by atoms with Crippen molar-refractivity contribution < 1.29 is 4.42 Å². The quantitative estimate of drug-likeness (QED) is 0.792. The number of rotatable bonds is 3. The Morgan fingerprint density at radius 2 is 2.27 bits per heavy atom. The van der Waals surface area contributed by atoms with Crippen LogP contribution < -0.4 is 11.5 Å². The van der Waals surface area contributed by atoms with Crippen LogP contribution in [0.15, 0.2) is 41.3 Å². The van der Waals surface area contributed by atoms with Crippen molar-refractivity contribution in [2.45, 2.75) is 12.5 Å². The SMILES string of the molecule is Nc1ccncc1CC(N)c1ccco1.